The molecule has 2 aliphatic heterocycles. The number of piperidine rings is 1. The molecule has 2 aliphatic rings. The third-order valence-electron chi connectivity index (χ3n) is 4.62. The lowest BCUT2D eigenvalue weighted by atomic mass is 9.90. The number of hydrogen-bond acceptors (Lipinski definition) is 4. The van der Waals surface area contributed by atoms with Gasteiger partial charge in [-0.25, -0.2) is 0 Å². The average molecular weight is 331 g/mol. The molecule has 1 saturated heterocycles. The summed E-state index contributed by atoms with van der Waals surface area (Å²) >= 11 is 0. The zero-order valence-corrected chi connectivity index (χ0v) is 13.0. The Morgan fingerprint density at radius 1 is 1.30 bits per heavy atom. The highest BCUT2D eigenvalue weighted by Gasteiger charge is 2.56. The van der Waals surface area contributed by atoms with Gasteiger partial charge in [0, 0.05) is 58.7 Å². The Morgan fingerprint density at radius 3 is 2.35 bits per heavy atom. The zero-order chi connectivity index (χ0) is 17.1. The molecule has 0 radical (unpaired) electrons. The highest BCUT2D eigenvalue weighted by atomic mass is 19.4. The molecule has 0 aromatic rings. The van der Waals surface area contributed by atoms with Gasteiger partial charge in [0.15, 0.2) is 11.3 Å². The maximum absolute atomic E-state index is 13.1. The molecule has 0 aromatic heterocycles. The largest absolute Gasteiger partial charge is 0.417 e. The van der Waals surface area contributed by atoms with E-state index in [-0.39, 0.29) is 38.3 Å². The van der Waals surface area contributed by atoms with E-state index in [1.165, 1.54) is 4.90 Å². The van der Waals surface area contributed by atoms with Gasteiger partial charge in [0.05, 0.1) is 0 Å². The van der Waals surface area contributed by atoms with Crippen LogP contribution in [0.15, 0.2) is 10.2 Å². The quantitative estimate of drug-likeness (QED) is 0.703. The predicted molar refractivity (Wildman–Crippen MR) is 76.5 cm³/mol. The molecule has 128 valence electrons. The molecule has 0 spiro atoms. The number of amides is 1. The van der Waals surface area contributed by atoms with Crippen molar-refractivity contribution in [2.45, 2.75) is 56.0 Å². The minimum atomic E-state index is -4.43. The number of nitrogens with zero attached hydrogens (tertiary/aromatic N) is 3. The summed E-state index contributed by atoms with van der Waals surface area (Å²) in [5.41, 5.74) is -2.68. The first-order valence-electron chi connectivity index (χ1n) is 7.55. The van der Waals surface area contributed by atoms with Crippen molar-refractivity contribution in [1.82, 2.24) is 4.90 Å². The highest BCUT2D eigenvalue weighted by Crippen LogP contribution is 2.42. The number of terminal acetylenes is 1. The van der Waals surface area contributed by atoms with E-state index in [1.807, 2.05) is 0 Å². The fraction of sp³-hybridized carbons (Fsp3) is 0.800. The van der Waals surface area contributed by atoms with Crippen LogP contribution in [0.25, 0.3) is 0 Å². The number of hydrogen-bond donors (Lipinski definition) is 0. The van der Waals surface area contributed by atoms with Gasteiger partial charge in [0.1, 0.15) is 0 Å². The van der Waals surface area contributed by atoms with Crippen molar-refractivity contribution in [3.8, 4) is 12.3 Å². The monoisotopic (exact) mass is 331 g/mol. The summed E-state index contributed by atoms with van der Waals surface area (Å²) in [7, 11) is 1.07. The van der Waals surface area contributed by atoms with Crippen LogP contribution in [0.4, 0.5) is 13.2 Å². The van der Waals surface area contributed by atoms with Gasteiger partial charge in [0.2, 0.25) is 5.91 Å². The Balaban J connectivity index is 1.81. The third kappa shape index (κ3) is 3.83. The van der Waals surface area contributed by atoms with E-state index in [1.54, 1.807) is 0 Å². The van der Waals surface area contributed by atoms with E-state index in [2.05, 4.69) is 16.1 Å². The van der Waals surface area contributed by atoms with Crippen LogP contribution >= 0.6 is 0 Å². The molecular weight excluding hydrogens is 311 g/mol. The minimum Gasteiger partial charge on any atom is -0.369 e. The Bertz CT molecular complexity index is 511. The fourth-order valence-corrected chi connectivity index (χ4v) is 2.85. The molecule has 0 aliphatic carbocycles. The average Bonchev–Trinajstić information content (AvgIpc) is 3.30. The summed E-state index contributed by atoms with van der Waals surface area (Å²) in [6.07, 6.45) is 2.10. The first-order valence-corrected chi connectivity index (χ1v) is 7.55. The molecule has 1 fully saturated rings. The fourth-order valence-electron chi connectivity index (χ4n) is 2.85. The van der Waals surface area contributed by atoms with Crippen molar-refractivity contribution in [1.29, 1.82) is 0 Å². The molecule has 2 heterocycles. The van der Waals surface area contributed by atoms with Crippen molar-refractivity contribution in [2.24, 2.45) is 10.2 Å². The smallest absolute Gasteiger partial charge is 0.369 e. The van der Waals surface area contributed by atoms with E-state index in [9.17, 15) is 18.0 Å². The summed E-state index contributed by atoms with van der Waals surface area (Å²) in [4.78, 5) is 13.6. The first kappa shape index (κ1) is 17.7. The molecule has 0 aromatic carbocycles. The SMILES string of the molecule is C#CCCC1(CCC(=O)N2CCC(OC)(C(F)(F)F)CC2)N=N1. The van der Waals surface area contributed by atoms with Gasteiger partial charge in [-0.15, -0.1) is 12.3 Å². The Morgan fingerprint density at radius 2 is 1.91 bits per heavy atom. The van der Waals surface area contributed by atoms with E-state index in [0.717, 1.165) is 7.11 Å². The summed E-state index contributed by atoms with van der Waals surface area (Å²) < 4.78 is 44.0. The van der Waals surface area contributed by atoms with Crippen LogP contribution in [0.5, 0.6) is 0 Å². The van der Waals surface area contributed by atoms with Crippen LogP contribution in [-0.2, 0) is 9.53 Å². The molecule has 0 saturated carbocycles. The van der Waals surface area contributed by atoms with Crippen LogP contribution in [0.1, 0.15) is 38.5 Å². The molecular formula is C15H20F3N3O2. The second kappa shape index (κ2) is 6.48. The van der Waals surface area contributed by atoms with Gasteiger partial charge < -0.3 is 9.64 Å². The van der Waals surface area contributed by atoms with Crippen LogP contribution in [0.2, 0.25) is 0 Å². The maximum atomic E-state index is 13.1. The van der Waals surface area contributed by atoms with Crippen molar-refractivity contribution in [3.63, 3.8) is 0 Å². The lowest BCUT2D eigenvalue weighted by molar-refractivity contribution is -0.281. The van der Waals surface area contributed by atoms with E-state index in [4.69, 9.17) is 11.2 Å². The molecule has 2 rings (SSSR count). The Labute approximate surface area is 133 Å². The molecule has 0 N–H and O–H groups in total. The molecule has 1 amide bonds. The first-order chi connectivity index (χ1) is 10.8. The van der Waals surface area contributed by atoms with E-state index in [0.29, 0.717) is 19.3 Å². The lowest BCUT2D eigenvalue weighted by Gasteiger charge is -2.41. The molecule has 5 nitrogen and oxygen atoms in total. The number of carbonyl (C=O) groups is 1. The van der Waals surface area contributed by atoms with Gasteiger partial charge in [0.25, 0.3) is 0 Å². The van der Waals surface area contributed by atoms with Crippen molar-refractivity contribution in [2.75, 3.05) is 20.2 Å². The second-order valence-corrected chi connectivity index (χ2v) is 5.96. The highest BCUT2D eigenvalue weighted by molar-refractivity contribution is 5.76. The Kier molecular flexibility index (Phi) is 4.99. The number of methoxy groups -OCH3 is 1. The minimum absolute atomic E-state index is 0.0395. The van der Waals surface area contributed by atoms with Crippen LogP contribution in [-0.4, -0.2) is 48.4 Å². The molecule has 0 atom stereocenters. The van der Waals surface area contributed by atoms with Gasteiger partial charge in [-0.1, -0.05) is 0 Å². The van der Waals surface area contributed by atoms with Crippen LogP contribution in [0, 0.1) is 12.3 Å². The van der Waals surface area contributed by atoms with E-state index < -0.39 is 17.4 Å². The molecule has 23 heavy (non-hydrogen) atoms. The lowest BCUT2D eigenvalue weighted by Crippen LogP contribution is -2.55. The number of halogens is 3. The number of alkyl halides is 3. The van der Waals surface area contributed by atoms with Gasteiger partial charge in [-0.3, -0.25) is 4.79 Å². The van der Waals surface area contributed by atoms with Gasteiger partial charge >= 0.3 is 6.18 Å². The van der Waals surface area contributed by atoms with Gasteiger partial charge in [-0.2, -0.15) is 23.4 Å². The second-order valence-electron chi connectivity index (χ2n) is 5.96. The molecule has 0 bridgehead atoms. The van der Waals surface area contributed by atoms with Crippen molar-refractivity contribution < 1.29 is 22.7 Å². The summed E-state index contributed by atoms with van der Waals surface area (Å²) in [5.74, 6) is 2.34. The third-order valence-corrected chi connectivity index (χ3v) is 4.62. The van der Waals surface area contributed by atoms with E-state index >= 15 is 0 Å². The van der Waals surface area contributed by atoms with Crippen LogP contribution < -0.4 is 0 Å². The normalized spacial score (nSPS) is 21.8. The standard InChI is InChI=1S/C15H20F3N3O2/c1-3-4-6-14(19-20-14)7-5-12(22)21-10-8-13(23-2,9-11-21)15(16,17)18/h1H,4-11H2,2H3. The summed E-state index contributed by atoms with van der Waals surface area (Å²) in [5, 5.41) is 7.89. The summed E-state index contributed by atoms with van der Waals surface area (Å²) in [6.45, 7) is 0.0790. The summed E-state index contributed by atoms with van der Waals surface area (Å²) in [6, 6.07) is 0. The number of ether oxygens (including phenoxy) is 1. The maximum Gasteiger partial charge on any atom is 0.417 e. The number of rotatable bonds is 6. The van der Waals surface area contributed by atoms with Crippen molar-refractivity contribution >= 4 is 5.91 Å². The molecule has 0 unspecified atom stereocenters. The predicted octanol–water partition coefficient (Wildman–Crippen LogP) is 2.91. The Hall–Kier alpha value is -1.62. The number of likely N-dealkylation sites (tertiary alicyclic amines) is 1. The van der Waals surface area contributed by atoms with Gasteiger partial charge in [-0.05, 0) is 0 Å². The van der Waals surface area contributed by atoms with Crippen LogP contribution in [0.3, 0.4) is 0 Å². The number of carbonyl (C=O) groups excluding carboxylic acids is 1. The molecule has 8 heteroatoms. The van der Waals surface area contributed by atoms with Crippen molar-refractivity contribution in [3.05, 3.63) is 0 Å². The topological polar surface area (TPSA) is 54.3 Å². The zero-order valence-electron chi connectivity index (χ0n) is 13.0.